The lowest BCUT2D eigenvalue weighted by Gasteiger charge is -2.39. The van der Waals surface area contributed by atoms with Gasteiger partial charge in [-0.15, -0.1) is 13.2 Å². The van der Waals surface area contributed by atoms with Crippen molar-refractivity contribution in [3.05, 3.63) is 133 Å². The van der Waals surface area contributed by atoms with Gasteiger partial charge in [0.1, 0.15) is 18.2 Å². The van der Waals surface area contributed by atoms with Crippen LogP contribution in [0.1, 0.15) is 48.4 Å². The van der Waals surface area contributed by atoms with E-state index in [1.165, 1.54) is 4.90 Å². The number of carbonyl (C=O) groups is 4. The van der Waals surface area contributed by atoms with Crippen LogP contribution in [0.3, 0.4) is 0 Å². The van der Waals surface area contributed by atoms with Crippen molar-refractivity contribution in [2.75, 3.05) is 19.8 Å². The van der Waals surface area contributed by atoms with Gasteiger partial charge in [-0.2, -0.15) is 0 Å². The van der Waals surface area contributed by atoms with Crippen LogP contribution in [0.2, 0.25) is 0 Å². The van der Waals surface area contributed by atoms with Gasteiger partial charge in [-0.1, -0.05) is 103 Å². The minimum absolute atomic E-state index is 0.0966. The molecular formula is C42H47N3O7. The minimum Gasteiger partial charge on any atom is -0.463 e. The van der Waals surface area contributed by atoms with E-state index in [0.29, 0.717) is 25.7 Å². The molecule has 3 amide bonds. The van der Waals surface area contributed by atoms with Crippen LogP contribution < -0.4 is 5.32 Å². The summed E-state index contributed by atoms with van der Waals surface area (Å²) in [6.45, 7) is 7.58. The van der Waals surface area contributed by atoms with Crippen LogP contribution in [0.25, 0.3) is 0 Å². The summed E-state index contributed by atoms with van der Waals surface area (Å²) in [5, 5.41) is 13.9. The van der Waals surface area contributed by atoms with Crippen LogP contribution >= 0.6 is 0 Å². The second-order valence-electron chi connectivity index (χ2n) is 13.8. The third kappa shape index (κ3) is 7.45. The van der Waals surface area contributed by atoms with Gasteiger partial charge in [0.05, 0.1) is 36.6 Å². The predicted octanol–water partition coefficient (Wildman–Crippen LogP) is 4.55. The lowest BCUT2D eigenvalue weighted by atomic mass is 9.70. The van der Waals surface area contributed by atoms with Gasteiger partial charge >= 0.3 is 5.97 Å². The van der Waals surface area contributed by atoms with Crippen LogP contribution in [-0.4, -0.2) is 82.1 Å². The Bertz CT molecular complexity index is 1740. The molecule has 0 aliphatic carbocycles. The molecule has 3 heterocycles. The van der Waals surface area contributed by atoms with Gasteiger partial charge in [-0.05, 0) is 42.4 Å². The van der Waals surface area contributed by atoms with E-state index >= 15 is 0 Å². The van der Waals surface area contributed by atoms with Crippen molar-refractivity contribution < 1.29 is 33.8 Å². The molecule has 0 unspecified atom stereocenters. The van der Waals surface area contributed by atoms with Crippen LogP contribution in [-0.2, 0) is 41.6 Å². The summed E-state index contributed by atoms with van der Waals surface area (Å²) in [6, 6.07) is 25.8. The number of esters is 1. The molecule has 0 aromatic heterocycles. The Hall–Kier alpha value is -5.06. The molecule has 2 bridgehead atoms. The van der Waals surface area contributed by atoms with E-state index in [4.69, 9.17) is 9.47 Å². The summed E-state index contributed by atoms with van der Waals surface area (Å²) in [4.78, 5) is 59.9. The molecule has 3 aliphatic heterocycles. The van der Waals surface area contributed by atoms with Crippen molar-refractivity contribution in [1.82, 2.24) is 15.1 Å². The zero-order chi connectivity index (χ0) is 36.7. The van der Waals surface area contributed by atoms with Gasteiger partial charge in [-0.25, -0.2) is 0 Å². The molecule has 3 aliphatic rings. The number of benzene rings is 3. The highest BCUT2D eigenvalue weighted by Gasteiger charge is 2.75. The van der Waals surface area contributed by atoms with Crippen molar-refractivity contribution >= 4 is 23.7 Å². The minimum atomic E-state index is -1.28. The number of hydrogen-bond acceptors (Lipinski definition) is 7. The number of nitrogens with one attached hydrogen (secondary N) is 1. The number of ether oxygens (including phenoxy) is 2. The lowest BCUT2D eigenvalue weighted by Crippen LogP contribution is -2.59. The molecule has 1 spiro atoms. The first-order chi connectivity index (χ1) is 25.3. The topological polar surface area (TPSA) is 125 Å². The second-order valence-corrected chi connectivity index (χ2v) is 13.8. The van der Waals surface area contributed by atoms with E-state index in [-0.39, 0.29) is 44.5 Å². The summed E-state index contributed by atoms with van der Waals surface area (Å²) >= 11 is 0. The molecule has 2 N–H and O–H groups in total. The predicted molar refractivity (Wildman–Crippen MR) is 195 cm³/mol. The molecular weight excluding hydrogens is 658 g/mol. The number of likely N-dealkylation sites (tertiary alicyclic amines) is 1. The number of rotatable bonds is 17. The molecule has 52 heavy (non-hydrogen) atoms. The smallest absolute Gasteiger partial charge is 0.306 e. The van der Waals surface area contributed by atoms with E-state index in [0.717, 1.165) is 16.7 Å². The molecule has 7 atom stereocenters. The number of carbonyl (C=O) groups excluding carboxylic acids is 4. The fourth-order valence-corrected chi connectivity index (χ4v) is 8.21. The number of amides is 3. The van der Waals surface area contributed by atoms with Crippen molar-refractivity contribution in [3.8, 4) is 0 Å². The number of aliphatic hydroxyl groups is 1. The monoisotopic (exact) mass is 705 g/mol. The Morgan fingerprint density at radius 1 is 0.981 bits per heavy atom. The van der Waals surface area contributed by atoms with Gasteiger partial charge in [0, 0.05) is 19.5 Å². The molecule has 3 fully saturated rings. The molecule has 10 heteroatoms. The number of nitrogens with zero attached hydrogens (tertiary/aromatic N) is 2. The number of fused-ring (bicyclic) bond motifs is 1. The van der Waals surface area contributed by atoms with Gasteiger partial charge in [0.25, 0.3) is 0 Å². The highest BCUT2D eigenvalue weighted by Crippen LogP contribution is 2.59. The summed E-state index contributed by atoms with van der Waals surface area (Å²) < 4.78 is 12.3. The van der Waals surface area contributed by atoms with Gasteiger partial charge in [0.15, 0.2) is 0 Å². The molecule has 0 saturated carbocycles. The summed E-state index contributed by atoms with van der Waals surface area (Å²) in [7, 11) is 0. The van der Waals surface area contributed by atoms with Crippen LogP contribution in [0, 0.1) is 11.8 Å². The first kappa shape index (κ1) is 36.7. The maximum absolute atomic E-state index is 14.9. The second kappa shape index (κ2) is 16.5. The Labute approximate surface area is 305 Å². The fourth-order valence-electron chi connectivity index (χ4n) is 8.21. The summed E-state index contributed by atoms with van der Waals surface area (Å²) in [5.41, 5.74) is 1.27. The van der Waals surface area contributed by atoms with Crippen molar-refractivity contribution in [2.45, 2.75) is 68.5 Å². The maximum Gasteiger partial charge on any atom is 0.306 e. The number of allylic oxidation sites excluding steroid dienone is 1. The first-order valence-electron chi connectivity index (χ1n) is 18.0. The lowest BCUT2D eigenvalue weighted by molar-refractivity contribution is -0.151. The van der Waals surface area contributed by atoms with Crippen LogP contribution in [0.4, 0.5) is 0 Å². The van der Waals surface area contributed by atoms with E-state index < -0.39 is 53.5 Å². The zero-order valence-corrected chi connectivity index (χ0v) is 29.3. The number of hydrogen-bond donors (Lipinski definition) is 2. The third-order valence-electron chi connectivity index (χ3n) is 10.6. The highest BCUT2D eigenvalue weighted by atomic mass is 16.5. The maximum atomic E-state index is 14.9. The van der Waals surface area contributed by atoms with Gasteiger partial charge in [-0.3, -0.25) is 19.2 Å². The van der Waals surface area contributed by atoms with Gasteiger partial charge in [0.2, 0.25) is 17.7 Å². The van der Waals surface area contributed by atoms with Crippen molar-refractivity contribution in [1.29, 1.82) is 0 Å². The van der Waals surface area contributed by atoms with Crippen molar-refractivity contribution in [2.24, 2.45) is 11.8 Å². The Morgan fingerprint density at radius 3 is 2.27 bits per heavy atom. The summed E-state index contributed by atoms with van der Waals surface area (Å²) in [5.74, 6) is -3.39. The first-order valence-corrected chi connectivity index (χ1v) is 18.0. The van der Waals surface area contributed by atoms with E-state index in [1.807, 2.05) is 91.0 Å². The van der Waals surface area contributed by atoms with Crippen molar-refractivity contribution in [3.63, 3.8) is 0 Å². The van der Waals surface area contributed by atoms with E-state index in [1.54, 1.807) is 17.1 Å². The average Bonchev–Trinajstić information content (AvgIpc) is 3.82. The largest absolute Gasteiger partial charge is 0.463 e. The molecule has 10 nitrogen and oxygen atoms in total. The van der Waals surface area contributed by atoms with E-state index in [9.17, 15) is 24.3 Å². The Balaban J connectivity index is 1.34. The molecule has 3 aromatic rings. The normalized spacial score (nSPS) is 24.1. The number of aliphatic hydroxyl groups excluding tert-OH is 1. The fraction of sp³-hybridized carbons (Fsp3) is 0.381. The zero-order valence-electron chi connectivity index (χ0n) is 29.3. The molecule has 3 saturated heterocycles. The van der Waals surface area contributed by atoms with Crippen LogP contribution in [0.5, 0.6) is 0 Å². The molecule has 3 aromatic carbocycles. The van der Waals surface area contributed by atoms with Crippen LogP contribution in [0.15, 0.2) is 116 Å². The Morgan fingerprint density at radius 2 is 1.63 bits per heavy atom. The quantitative estimate of drug-likeness (QED) is 0.156. The summed E-state index contributed by atoms with van der Waals surface area (Å²) in [6.07, 6.45) is 4.54. The average molecular weight is 706 g/mol. The van der Waals surface area contributed by atoms with E-state index in [2.05, 4.69) is 18.5 Å². The molecule has 0 radical (unpaired) electrons. The Kier molecular flexibility index (Phi) is 11.7. The van der Waals surface area contributed by atoms with Gasteiger partial charge < -0.3 is 29.7 Å². The molecule has 272 valence electrons. The standard InChI is InChI=1S/C42H47N3O7/c1-3-5-21-35(47)51-28-33(31-19-13-8-14-20-31)43-39(48)36-34-22-23-42(52-34)37(36)40(49)45(32(27-46)25-29-15-9-6-10-16-29)38(42)41(50)44(24-4-2)26-30-17-11-7-12-18-30/h3-4,6-20,32-34,36-38,46H,1-2,5,21-28H2,(H,43,48)/t32-,33+,34+,36-,37-,38+,42-/m1/s1. The highest BCUT2D eigenvalue weighted by molar-refractivity contribution is 5.99. The SMILES string of the molecule is C=CCCC(=O)OC[C@H](NC(=O)[C@@H]1[C@@H]2CC[C@]3(O2)[C@H](C(=O)N(CC=C)Cc2ccccc2)N([C@@H](CO)Cc2ccccc2)C(=O)[C@@H]13)c1ccccc1. The third-order valence-corrected chi connectivity index (χ3v) is 10.6. The molecule has 6 rings (SSSR count).